The van der Waals surface area contributed by atoms with Crippen molar-refractivity contribution in [1.82, 2.24) is 0 Å². The number of halogens is 3. The van der Waals surface area contributed by atoms with Gasteiger partial charge in [0.2, 0.25) is 0 Å². The standard InChI is InChI=1S/C8H13Cl3Si/c9-12(10,11)7-6-8-4-2-1-3-5-8/h2,4,8H,1,3,5-7H2. The zero-order valence-electron chi connectivity index (χ0n) is 6.90. The van der Waals surface area contributed by atoms with Crippen LogP contribution in [-0.2, 0) is 0 Å². The fourth-order valence-electron chi connectivity index (χ4n) is 1.47. The van der Waals surface area contributed by atoms with E-state index in [1.807, 2.05) is 0 Å². The Balaban J connectivity index is 2.22. The van der Waals surface area contributed by atoms with Gasteiger partial charge in [-0.15, -0.1) is 33.2 Å². The van der Waals surface area contributed by atoms with Crippen molar-refractivity contribution in [2.45, 2.75) is 31.7 Å². The molecule has 0 N–H and O–H groups in total. The molecule has 0 aromatic heterocycles. The van der Waals surface area contributed by atoms with Gasteiger partial charge < -0.3 is 0 Å². The lowest BCUT2D eigenvalue weighted by Crippen LogP contribution is -2.11. The van der Waals surface area contributed by atoms with Gasteiger partial charge in [0.1, 0.15) is 0 Å². The van der Waals surface area contributed by atoms with E-state index in [-0.39, 0.29) is 0 Å². The monoisotopic (exact) mass is 242 g/mol. The lowest BCUT2D eigenvalue weighted by molar-refractivity contribution is 0.526. The Morgan fingerprint density at radius 3 is 2.58 bits per heavy atom. The second kappa shape index (κ2) is 4.90. The van der Waals surface area contributed by atoms with E-state index >= 15 is 0 Å². The van der Waals surface area contributed by atoms with Crippen LogP contribution in [0.4, 0.5) is 0 Å². The maximum atomic E-state index is 5.80. The molecule has 1 rings (SSSR count). The van der Waals surface area contributed by atoms with E-state index in [2.05, 4.69) is 12.2 Å². The molecule has 70 valence electrons. The van der Waals surface area contributed by atoms with Crippen LogP contribution in [0.3, 0.4) is 0 Å². The summed E-state index contributed by atoms with van der Waals surface area (Å²) in [5.74, 6) is 0.668. The highest BCUT2D eigenvalue weighted by molar-refractivity contribution is 7.64. The zero-order chi connectivity index (χ0) is 9.03. The van der Waals surface area contributed by atoms with Gasteiger partial charge in [0.25, 0.3) is 0 Å². The van der Waals surface area contributed by atoms with Gasteiger partial charge in [0.15, 0.2) is 0 Å². The van der Waals surface area contributed by atoms with Crippen LogP contribution in [0.5, 0.6) is 0 Å². The molecular weight excluding hydrogens is 231 g/mol. The molecule has 0 spiro atoms. The summed E-state index contributed by atoms with van der Waals surface area (Å²) in [6.07, 6.45) is 9.36. The van der Waals surface area contributed by atoms with E-state index in [1.165, 1.54) is 19.3 Å². The zero-order valence-corrected chi connectivity index (χ0v) is 10.2. The van der Waals surface area contributed by atoms with Crippen molar-refractivity contribution in [3.63, 3.8) is 0 Å². The number of allylic oxidation sites excluding steroid dienone is 2. The second-order valence-corrected chi connectivity index (χ2v) is 12.6. The first-order chi connectivity index (χ1) is 5.58. The van der Waals surface area contributed by atoms with Gasteiger partial charge in [-0.3, -0.25) is 0 Å². The van der Waals surface area contributed by atoms with Crippen molar-refractivity contribution >= 4 is 39.2 Å². The largest absolute Gasteiger partial charge is 0.341 e. The average Bonchev–Trinajstić information content (AvgIpc) is 2.02. The van der Waals surface area contributed by atoms with Crippen LogP contribution in [0.1, 0.15) is 25.7 Å². The van der Waals surface area contributed by atoms with Crippen molar-refractivity contribution in [2.24, 2.45) is 5.92 Å². The Labute approximate surface area is 89.0 Å². The molecule has 0 saturated carbocycles. The quantitative estimate of drug-likeness (QED) is 0.392. The molecule has 0 heterocycles. The molecule has 1 aliphatic rings. The third kappa shape index (κ3) is 4.76. The van der Waals surface area contributed by atoms with Gasteiger partial charge in [-0.25, -0.2) is 0 Å². The number of hydrogen-bond donors (Lipinski definition) is 0. The molecule has 0 aliphatic heterocycles. The van der Waals surface area contributed by atoms with Crippen LogP contribution < -0.4 is 0 Å². The van der Waals surface area contributed by atoms with Gasteiger partial charge >= 0.3 is 6.00 Å². The van der Waals surface area contributed by atoms with Crippen molar-refractivity contribution in [2.75, 3.05) is 0 Å². The van der Waals surface area contributed by atoms with Crippen molar-refractivity contribution in [1.29, 1.82) is 0 Å². The lowest BCUT2D eigenvalue weighted by atomic mass is 9.94. The molecule has 4 heteroatoms. The smallest absolute Gasteiger partial charge is 0.126 e. The minimum Gasteiger partial charge on any atom is -0.126 e. The number of hydrogen-bond acceptors (Lipinski definition) is 0. The molecular formula is C8H13Cl3Si. The minimum absolute atomic E-state index is 0.668. The first-order valence-corrected chi connectivity index (χ1v) is 9.55. The van der Waals surface area contributed by atoms with Gasteiger partial charge in [0, 0.05) is 0 Å². The van der Waals surface area contributed by atoms with E-state index in [9.17, 15) is 0 Å². The summed E-state index contributed by atoms with van der Waals surface area (Å²) in [5.41, 5.74) is 0. The fraction of sp³-hybridized carbons (Fsp3) is 0.750. The number of rotatable bonds is 3. The summed E-state index contributed by atoms with van der Waals surface area (Å²) in [6.45, 7) is 0. The molecule has 0 saturated heterocycles. The third-order valence-corrected chi connectivity index (χ3v) is 4.71. The lowest BCUT2D eigenvalue weighted by Gasteiger charge is -2.17. The summed E-state index contributed by atoms with van der Waals surface area (Å²) in [4.78, 5) is 0. The van der Waals surface area contributed by atoms with Crippen molar-refractivity contribution < 1.29 is 0 Å². The molecule has 1 aliphatic carbocycles. The maximum Gasteiger partial charge on any atom is 0.341 e. The van der Waals surface area contributed by atoms with Gasteiger partial charge in [-0.2, -0.15) is 0 Å². The van der Waals surface area contributed by atoms with Crippen LogP contribution in [0.15, 0.2) is 12.2 Å². The maximum absolute atomic E-state index is 5.80. The second-order valence-electron chi connectivity index (χ2n) is 3.27. The third-order valence-electron chi connectivity index (χ3n) is 2.15. The molecule has 1 unspecified atom stereocenters. The summed E-state index contributed by atoms with van der Waals surface area (Å²) in [5, 5.41) is 0. The first kappa shape index (κ1) is 10.9. The van der Waals surface area contributed by atoms with Crippen LogP contribution in [0, 0.1) is 5.92 Å². The molecule has 0 aromatic rings. The predicted octanol–water partition coefficient (Wildman–Crippen LogP) is 4.39. The Bertz CT molecular complexity index is 162. The van der Waals surface area contributed by atoms with Crippen molar-refractivity contribution in [3.05, 3.63) is 12.2 Å². The van der Waals surface area contributed by atoms with Crippen LogP contribution >= 0.6 is 33.2 Å². The van der Waals surface area contributed by atoms with E-state index in [4.69, 9.17) is 33.2 Å². The normalized spacial score (nSPS) is 24.4. The Morgan fingerprint density at radius 2 is 2.08 bits per heavy atom. The SMILES string of the molecule is Cl[Si](Cl)(Cl)CCC1C=CCCC1. The predicted molar refractivity (Wildman–Crippen MR) is 59.2 cm³/mol. The van der Waals surface area contributed by atoms with Crippen LogP contribution in [0.2, 0.25) is 6.04 Å². The average molecular weight is 244 g/mol. The Kier molecular flexibility index (Phi) is 4.45. The highest BCUT2D eigenvalue weighted by Crippen LogP contribution is 2.31. The van der Waals surface area contributed by atoms with Crippen LogP contribution in [0.25, 0.3) is 0 Å². The Morgan fingerprint density at radius 1 is 1.33 bits per heavy atom. The molecule has 0 fully saturated rings. The Hall–Kier alpha value is 0.827. The molecule has 0 nitrogen and oxygen atoms in total. The summed E-state index contributed by atoms with van der Waals surface area (Å²) < 4.78 is 0. The summed E-state index contributed by atoms with van der Waals surface area (Å²) in [7, 11) is 0. The van der Waals surface area contributed by atoms with E-state index < -0.39 is 6.00 Å². The molecule has 0 amide bonds. The van der Waals surface area contributed by atoms with Crippen molar-refractivity contribution in [3.8, 4) is 0 Å². The van der Waals surface area contributed by atoms with Crippen LogP contribution in [-0.4, -0.2) is 6.00 Å². The minimum atomic E-state index is -2.36. The highest BCUT2D eigenvalue weighted by Gasteiger charge is 2.25. The van der Waals surface area contributed by atoms with E-state index in [0.29, 0.717) is 5.92 Å². The molecule has 1 atom stereocenters. The molecule has 0 aromatic carbocycles. The van der Waals surface area contributed by atoms with Gasteiger partial charge in [0.05, 0.1) is 0 Å². The first-order valence-electron chi connectivity index (χ1n) is 4.31. The van der Waals surface area contributed by atoms with Gasteiger partial charge in [-0.05, 0) is 37.6 Å². The molecule has 0 radical (unpaired) electrons. The summed E-state index contributed by atoms with van der Waals surface area (Å²) >= 11 is 17.4. The topological polar surface area (TPSA) is 0 Å². The highest BCUT2D eigenvalue weighted by atomic mass is 35.8. The fourth-order valence-corrected chi connectivity index (χ4v) is 3.15. The summed E-state index contributed by atoms with van der Waals surface area (Å²) in [6, 6.07) is -1.56. The van der Waals surface area contributed by atoms with E-state index in [0.717, 1.165) is 12.5 Å². The molecule has 0 bridgehead atoms. The van der Waals surface area contributed by atoms with Gasteiger partial charge in [-0.1, -0.05) is 12.2 Å². The molecule has 12 heavy (non-hydrogen) atoms. The van der Waals surface area contributed by atoms with E-state index in [1.54, 1.807) is 0 Å².